The lowest BCUT2D eigenvalue weighted by molar-refractivity contribution is 0.0599. The van der Waals surface area contributed by atoms with Crippen LogP contribution in [-0.4, -0.2) is 30.7 Å². The number of ether oxygens (including phenoxy) is 2. The second-order valence-corrected chi connectivity index (χ2v) is 3.62. The molecule has 1 aromatic rings. The fourth-order valence-corrected chi connectivity index (χ4v) is 1.54. The van der Waals surface area contributed by atoms with E-state index in [-0.39, 0.29) is 6.04 Å². The minimum absolute atomic E-state index is 0.281. The van der Waals surface area contributed by atoms with Gasteiger partial charge in [-0.05, 0) is 6.42 Å². The molecule has 0 saturated heterocycles. The van der Waals surface area contributed by atoms with E-state index in [0.29, 0.717) is 23.7 Å². The number of esters is 1. The maximum absolute atomic E-state index is 11.3. The zero-order chi connectivity index (χ0) is 11.5. The molecule has 2 heterocycles. The number of rotatable bonds is 2. The van der Waals surface area contributed by atoms with Crippen molar-refractivity contribution in [1.82, 2.24) is 4.98 Å². The highest BCUT2D eigenvalue weighted by atomic mass is 16.5. The Morgan fingerprint density at radius 1 is 1.75 bits per heavy atom. The van der Waals surface area contributed by atoms with Crippen LogP contribution in [0.4, 0.5) is 5.82 Å². The molecular weight excluding hydrogens is 208 g/mol. The quantitative estimate of drug-likeness (QED) is 0.767. The van der Waals surface area contributed by atoms with E-state index in [0.717, 1.165) is 6.42 Å². The third-order valence-electron chi connectivity index (χ3n) is 2.55. The van der Waals surface area contributed by atoms with Gasteiger partial charge in [0.1, 0.15) is 6.61 Å². The average molecular weight is 222 g/mol. The summed E-state index contributed by atoms with van der Waals surface area (Å²) < 4.78 is 10.1. The number of pyridine rings is 1. The first-order chi connectivity index (χ1) is 7.74. The summed E-state index contributed by atoms with van der Waals surface area (Å²) in [6.45, 7) is 2.67. The Balaban J connectivity index is 2.24. The van der Waals surface area contributed by atoms with Gasteiger partial charge in [0.15, 0.2) is 11.6 Å². The first kappa shape index (κ1) is 10.7. The van der Waals surface area contributed by atoms with Crippen molar-refractivity contribution in [1.29, 1.82) is 0 Å². The molecule has 2 rings (SSSR count). The zero-order valence-corrected chi connectivity index (χ0v) is 9.32. The largest absolute Gasteiger partial charge is 0.488 e. The maximum Gasteiger partial charge on any atom is 0.339 e. The molecule has 0 bridgehead atoms. The smallest absolute Gasteiger partial charge is 0.339 e. The Morgan fingerprint density at radius 3 is 3.25 bits per heavy atom. The SMILES string of the molecule is CC[C@H]1COc2cc(C(=O)OC)cnc2N1. The van der Waals surface area contributed by atoms with E-state index in [1.807, 2.05) is 0 Å². The van der Waals surface area contributed by atoms with Gasteiger partial charge in [-0.3, -0.25) is 0 Å². The van der Waals surface area contributed by atoms with Gasteiger partial charge in [-0.15, -0.1) is 0 Å². The van der Waals surface area contributed by atoms with Crippen molar-refractivity contribution >= 4 is 11.8 Å². The summed E-state index contributed by atoms with van der Waals surface area (Å²) in [5.41, 5.74) is 0.401. The van der Waals surface area contributed by atoms with E-state index in [1.54, 1.807) is 6.07 Å². The van der Waals surface area contributed by atoms with E-state index < -0.39 is 5.97 Å². The lowest BCUT2D eigenvalue weighted by Crippen LogP contribution is -2.31. The Kier molecular flexibility index (Phi) is 2.94. The lowest BCUT2D eigenvalue weighted by Gasteiger charge is -2.25. The number of nitrogens with zero attached hydrogens (tertiary/aromatic N) is 1. The predicted octanol–water partition coefficient (Wildman–Crippen LogP) is 1.45. The van der Waals surface area contributed by atoms with Crippen LogP contribution in [0.25, 0.3) is 0 Å². The Labute approximate surface area is 93.8 Å². The van der Waals surface area contributed by atoms with Crippen LogP contribution >= 0.6 is 0 Å². The summed E-state index contributed by atoms with van der Waals surface area (Å²) in [4.78, 5) is 15.4. The van der Waals surface area contributed by atoms with Gasteiger partial charge in [0.2, 0.25) is 0 Å². The molecule has 0 aliphatic carbocycles. The molecule has 0 spiro atoms. The second kappa shape index (κ2) is 4.38. The van der Waals surface area contributed by atoms with Crippen LogP contribution in [0.1, 0.15) is 23.7 Å². The molecule has 1 aromatic heterocycles. The predicted molar refractivity (Wildman–Crippen MR) is 58.8 cm³/mol. The summed E-state index contributed by atoms with van der Waals surface area (Å²) in [6.07, 6.45) is 2.46. The van der Waals surface area contributed by atoms with Gasteiger partial charge in [-0.2, -0.15) is 0 Å². The maximum atomic E-state index is 11.3. The van der Waals surface area contributed by atoms with Gasteiger partial charge < -0.3 is 14.8 Å². The van der Waals surface area contributed by atoms with Crippen molar-refractivity contribution in [2.75, 3.05) is 19.0 Å². The fraction of sp³-hybridized carbons (Fsp3) is 0.455. The number of nitrogens with one attached hydrogen (secondary N) is 1. The molecule has 0 fully saturated rings. The van der Waals surface area contributed by atoms with Crippen molar-refractivity contribution < 1.29 is 14.3 Å². The first-order valence-corrected chi connectivity index (χ1v) is 5.22. The van der Waals surface area contributed by atoms with Crippen molar-refractivity contribution in [3.63, 3.8) is 0 Å². The van der Waals surface area contributed by atoms with Crippen LogP contribution in [0.2, 0.25) is 0 Å². The van der Waals surface area contributed by atoms with E-state index in [4.69, 9.17) is 4.74 Å². The summed E-state index contributed by atoms with van der Waals surface area (Å²) in [5, 5.41) is 3.24. The van der Waals surface area contributed by atoms with Crippen LogP contribution in [0, 0.1) is 0 Å². The lowest BCUT2D eigenvalue weighted by atomic mass is 10.2. The molecule has 0 amide bonds. The highest BCUT2D eigenvalue weighted by molar-refractivity contribution is 5.90. The number of hydrogen-bond donors (Lipinski definition) is 1. The normalized spacial score (nSPS) is 18.0. The van der Waals surface area contributed by atoms with Crippen LogP contribution in [0.5, 0.6) is 5.75 Å². The monoisotopic (exact) mass is 222 g/mol. The second-order valence-electron chi connectivity index (χ2n) is 3.62. The minimum atomic E-state index is -0.406. The number of anilines is 1. The van der Waals surface area contributed by atoms with Crippen LogP contribution in [0.15, 0.2) is 12.3 Å². The molecule has 0 radical (unpaired) electrons. The Bertz CT molecular complexity index is 406. The molecule has 0 aromatic carbocycles. The molecule has 0 saturated carbocycles. The van der Waals surface area contributed by atoms with Crippen molar-refractivity contribution in [3.05, 3.63) is 17.8 Å². The zero-order valence-electron chi connectivity index (χ0n) is 9.32. The highest BCUT2D eigenvalue weighted by Crippen LogP contribution is 2.28. The van der Waals surface area contributed by atoms with Crippen molar-refractivity contribution in [2.45, 2.75) is 19.4 Å². The average Bonchev–Trinajstić information content (AvgIpc) is 2.36. The number of hydrogen-bond acceptors (Lipinski definition) is 5. The molecule has 1 aliphatic heterocycles. The third kappa shape index (κ3) is 1.93. The first-order valence-electron chi connectivity index (χ1n) is 5.22. The topological polar surface area (TPSA) is 60.5 Å². The summed E-state index contributed by atoms with van der Waals surface area (Å²) in [7, 11) is 1.34. The van der Waals surface area contributed by atoms with E-state index in [2.05, 4.69) is 22.0 Å². The van der Waals surface area contributed by atoms with Crippen LogP contribution in [-0.2, 0) is 4.74 Å². The molecule has 86 valence electrons. The molecule has 1 aliphatic rings. The Hall–Kier alpha value is -1.78. The molecule has 5 heteroatoms. The molecule has 1 N–H and O–H groups in total. The van der Waals surface area contributed by atoms with E-state index >= 15 is 0 Å². The molecule has 0 unspecified atom stereocenters. The Morgan fingerprint density at radius 2 is 2.56 bits per heavy atom. The van der Waals surface area contributed by atoms with Crippen LogP contribution < -0.4 is 10.1 Å². The van der Waals surface area contributed by atoms with Crippen molar-refractivity contribution in [3.8, 4) is 5.75 Å². The highest BCUT2D eigenvalue weighted by Gasteiger charge is 2.20. The van der Waals surface area contributed by atoms with Crippen LogP contribution in [0.3, 0.4) is 0 Å². The third-order valence-corrected chi connectivity index (χ3v) is 2.55. The number of carbonyl (C=O) groups is 1. The van der Waals surface area contributed by atoms with Gasteiger partial charge in [0.05, 0.1) is 18.7 Å². The van der Waals surface area contributed by atoms with Gasteiger partial charge in [-0.25, -0.2) is 9.78 Å². The minimum Gasteiger partial charge on any atom is -0.488 e. The van der Waals surface area contributed by atoms with Gasteiger partial charge in [-0.1, -0.05) is 6.92 Å². The van der Waals surface area contributed by atoms with Gasteiger partial charge in [0, 0.05) is 12.3 Å². The summed E-state index contributed by atoms with van der Waals surface area (Å²) in [6, 6.07) is 1.93. The number of fused-ring (bicyclic) bond motifs is 1. The van der Waals surface area contributed by atoms with Crippen molar-refractivity contribution in [2.24, 2.45) is 0 Å². The standard InChI is InChI=1S/C11H14N2O3/c1-3-8-6-16-9-4-7(11(14)15-2)5-12-10(9)13-8/h4-5,8H,3,6H2,1-2H3,(H,12,13)/t8-/m0/s1. The number of carbonyl (C=O) groups excluding carboxylic acids is 1. The molecular formula is C11H14N2O3. The number of methoxy groups -OCH3 is 1. The van der Waals surface area contributed by atoms with E-state index in [9.17, 15) is 4.79 Å². The van der Waals surface area contributed by atoms with E-state index in [1.165, 1.54) is 13.3 Å². The summed E-state index contributed by atoms with van der Waals surface area (Å²) >= 11 is 0. The fourth-order valence-electron chi connectivity index (χ4n) is 1.54. The molecule has 1 atom stereocenters. The summed E-state index contributed by atoms with van der Waals surface area (Å²) in [5.74, 6) is 0.884. The van der Waals surface area contributed by atoms with Gasteiger partial charge >= 0.3 is 5.97 Å². The van der Waals surface area contributed by atoms with Gasteiger partial charge in [0.25, 0.3) is 0 Å². The number of aromatic nitrogens is 1. The molecule has 16 heavy (non-hydrogen) atoms. The molecule has 5 nitrogen and oxygen atoms in total.